The summed E-state index contributed by atoms with van der Waals surface area (Å²) in [5, 5.41) is 4.37. The van der Waals surface area contributed by atoms with Crippen LogP contribution in [-0.2, 0) is 0 Å². The van der Waals surface area contributed by atoms with E-state index >= 15 is 0 Å². The number of nitrogens with one attached hydrogen (secondary N) is 1. The van der Waals surface area contributed by atoms with E-state index in [0.29, 0.717) is 0 Å². The average molecular weight is 334 g/mol. The lowest BCUT2D eigenvalue weighted by molar-refractivity contribution is 0.879. The second kappa shape index (κ2) is 5.27. The van der Waals surface area contributed by atoms with Crippen LogP contribution in [0.15, 0.2) is 47.2 Å². The summed E-state index contributed by atoms with van der Waals surface area (Å²) in [5.74, 6) is 0. The highest BCUT2D eigenvalue weighted by Crippen LogP contribution is 2.30. The van der Waals surface area contributed by atoms with E-state index in [1.54, 1.807) is 11.3 Å². The molecule has 5 heteroatoms. The first-order valence-electron chi connectivity index (χ1n) is 5.95. The van der Waals surface area contributed by atoms with Crippen molar-refractivity contribution in [3.63, 3.8) is 0 Å². The molecule has 0 saturated heterocycles. The first kappa shape index (κ1) is 12.6. The Labute approximate surface area is 123 Å². The predicted octanol–water partition coefficient (Wildman–Crippen LogP) is 4.63. The van der Waals surface area contributed by atoms with E-state index in [1.165, 1.54) is 10.3 Å². The highest BCUT2D eigenvalue weighted by Gasteiger charge is 2.09. The van der Waals surface area contributed by atoms with Gasteiger partial charge in [0.05, 0.1) is 16.3 Å². The van der Waals surface area contributed by atoms with Crippen LogP contribution in [0.1, 0.15) is 18.5 Å². The Morgan fingerprint density at radius 3 is 2.79 bits per heavy atom. The van der Waals surface area contributed by atoms with Gasteiger partial charge in [0.15, 0.2) is 5.13 Å². The zero-order valence-corrected chi connectivity index (χ0v) is 12.7. The van der Waals surface area contributed by atoms with Gasteiger partial charge in [-0.3, -0.25) is 4.98 Å². The second-order valence-corrected chi connectivity index (χ2v) is 6.22. The van der Waals surface area contributed by atoms with E-state index in [2.05, 4.69) is 44.2 Å². The summed E-state index contributed by atoms with van der Waals surface area (Å²) >= 11 is 5.14. The van der Waals surface area contributed by atoms with Crippen LogP contribution in [0.5, 0.6) is 0 Å². The molecule has 2 heterocycles. The number of anilines is 1. The summed E-state index contributed by atoms with van der Waals surface area (Å²) in [4.78, 5) is 8.63. The number of halogens is 1. The van der Waals surface area contributed by atoms with Gasteiger partial charge in [0, 0.05) is 16.9 Å². The van der Waals surface area contributed by atoms with E-state index in [4.69, 9.17) is 0 Å². The largest absolute Gasteiger partial charge is 0.355 e. The molecular formula is C14H12BrN3S. The number of hydrogen-bond acceptors (Lipinski definition) is 4. The Morgan fingerprint density at radius 1 is 1.21 bits per heavy atom. The number of hydrogen-bond donors (Lipinski definition) is 1. The van der Waals surface area contributed by atoms with Crippen molar-refractivity contribution in [1.29, 1.82) is 0 Å². The molecule has 0 aliphatic rings. The standard InChI is InChI=1S/C14H12BrN3S/c1-9(10-4-6-16-7-5-10)17-14-18-12-8-11(15)2-3-13(12)19-14/h2-9H,1H3,(H,17,18). The summed E-state index contributed by atoms with van der Waals surface area (Å²) in [6.07, 6.45) is 3.62. The molecule has 3 aromatic rings. The predicted molar refractivity (Wildman–Crippen MR) is 83.6 cm³/mol. The first-order valence-corrected chi connectivity index (χ1v) is 7.56. The fourth-order valence-electron chi connectivity index (χ4n) is 1.88. The summed E-state index contributed by atoms with van der Waals surface area (Å²) in [7, 11) is 0. The van der Waals surface area contributed by atoms with Crippen LogP contribution in [-0.4, -0.2) is 9.97 Å². The maximum atomic E-state index is 4.60. The van der Waals surface area contributed by atoms with Crippen molar-refractivity contribution in [2.75, 3.05) is 5.32 Å². The molecule has 3 nitrogen and oxygen atoms in total. The summed E-state index contributed by atoms with van der Waals surface area (Å²) in [6.45, 7) is 2.12. The van der Waals surface area contributed by atoms with Crippen molar-refractivity contribution in [2.24, 2.45) is 0 Å². The first-order chi connectivity index (χ1) is 9.22. The Hall–Kier alpha value is -1.46. The summed E-state index contributed by atoms with van der Waals surface area (Å²) in [6, 6.07) is 10.4. The lowest BCUT2D eigenvalue weighted by Crippen LogP contribution is -2.05. The lowest BCUT2D eigenvalue weighted by Gasteiger charge is -2.12. The van der Waals surface area contributed by atoms with Crippen LogP contribution < -0.4 is 5.32 Å². The Bertz CT molecular complexity index is 696. The van der Waals surface area contributed by atoms with Gasteiger partial charge in [-0.25, -0.2) is 4.98 Å². The van der Waals surface area contributed by atoms with Crippen molar-refractivity contribution in [1.82, 2.24) is 9.97 Å². The van der Waals surface area contributed by atoms with E-state index in [1.807, 2.05) is 36.7 Å². The molecule has 3 rings (SSSR count). The molecule has 0 aliphatic heterocycles. The minimum Gasteiger partial charge on any atom is -0.355 e. The van der Waals surface area contributed by atoms with E-state index in [9.17, 15) is 0 Å². The molecule has 0 bridgehead atoms. The van der Waals surface area contributed by atoms with Crippen molar-refractivity contribution in [2.45, 2.75) is 13.0 Å². The van der Waals surface area contributed by atoms with Gasteiger partial charge in [-0.05, 0) is 42.8 Å². The molecule has 19 heavy (non-hydrogen) atoms. The topological polar surface area (TPSA) is 37.8 Å². The zero-order valence-electron chi connectivity index (χ0n) is 10.3. The molecule has 1 aromatic carbocycles. The van der Waals surface area contributed by atoms with Crippen LogP contribution in [0.4, 0.5) is 5.13 Å². The molecule has 0 amide bonds. The number of nitrogens with zero attached hydrogens (tertiary/aromatic N) is 2. The molecule has 0 saturated carbocycles. The molecule has 0 radical (unpaired) electrons. The van der Waals surface area contributed by atoms with Crippen molar-refractivity contribution in [3.8, 4) is 0 Å². The van der Waals surface area contributed by atoms with Crippen LogP contribution >= 0.6 is 27.3 Å². The summed E-state index contributed by atoms with van der Waals surface area (Å²) in [5.41, 5.74) is 2.22. The number of thiazole rings is 1. The van der Waals surface area contributed by atoms with Crippen LogP contribution in [0.25, 0.3) is 10.2 Å². The third-order valence-electron chi connectivity index (χ3n) is 2.90. The van der Waals surface area contributed by atoms with Crippen LogP contribution in [0.3, 0.4) is 0 Å². The molecule has 96 valence electrons. The highest BCUT2D eigenvalue weighted by molar-refractivity contribution is 9.10. The Kier molecular flexibility index (Phi) is 3.48. The molecule has 1 unspecified atom stereocenters. The smallest absolute Gasteiger partial charge is 0.184 e. The third-order valence-corrected chi connectivity index (χ3v) is 4.36. The van der Waals surface area contributed by atoms with Crippen molar-refractivity contribution < 1.29 is 0 Å². The number of pyridine rings is 1. The van der Waals surface area contributed by atoms with Gasteiger partial charge in [-0.1, -0.05) is 27.3 Å². The van der Waals surface area contributed by atoms with Crippen molar-refractivity contribution >= 4 is 42.6 Å². The normalized spacial score (nSPS) is 12.5. The fraction of sp³-hybridized carbons (Fsp3) is 0.143. The van der Waals surface area contributed by atoms with E-state index in [0.717, 1.165) is 15.1 Å². The van der Waals surface area contributed by atoms with Crippen LogP contribution in [0, 0.1) is 0 Å². The third kappa shape index (κ3) is 2.77. The monoisotopic (exact) mass is 333 g/mol. The maximum Gasteiger partial charge on any atom is 0.184 e. The fourth-order valence-corrected chi connectivity index (χ4v) is 3.17. The van der Waals surface area contributed by atoms with E-state index in [-0.39, 0.29) is 6.04 Å². The lowest BCUT2D eigenvalue weighted by atomic mass is 10.1. The molecule has 1 N–H and O–H groups in total. The number of rotatable bonds is 3. The minimum atomic E-state index is 0.215. The zero-order chi connectivity index (χ0) is 13.2. The molecule has 0 aliphatic carbocycles. The highest BCUT2D eigenvalue weighted by atomic mass is 79.9. The van der Waals surface area contributed by atoms with Gasteiger partial charge in [0.2, 0.25) is 0 Å². The number of aromatic nitrogens is 2. The van der Waals surface area contributed by atoms with Crippen LogP contribution in [0.2, 0.25) is 0 Å². The minimum absolute atomic E-state index is 0.215. The van der Waals surface area contributed by atoms with Gasteiger partial charge < -0.3 is 5.32 Å². The van der Waals surface area contributed by atoms with Gasteiger partial charge in [0.1, 0.15) is 0 Å². The molecule has 0 fully saturated rings. The number of benzene rings is 1. The van der Waals surface area contributed by atoms with Gasteiger partial charge in [0.25, 0.3) is 0 Å². The maximum absolute atomic E-state index is 4.60. The quantitative estimate of drug-likeness (QED) is 0.759. The SMILES string of the molecule is CC(Nc1nc2cc(Br)ccc2s1)c1ccncc1. The van der Waals surface area contributed by atoms with Gasteiger partial charge in [-0.15, -0.1) is 0 Å². The van der Waals surface area contributed by atoms with Crippen molar-refractivity contribution in [3.05, 3.63) is 52.8 Å². The molecular weight excluding hydrogens is 322 g/mol. The molecule has 2 aromatic heterocycles. The number of fused-ring (bicyclic) bond motifs is 1. The average Bonchev–Trinajstić information content (AvgIpc) is 2.81. The Balaban J connectivity index is 1.85. The van der Waals surface area contributed by atoms with E-state index < -0.39 is 0 Å². The Morgan fingerprint density at radius 2 is 2.00 bits per heavy atom. The second-order valence-electron chi connectivity index (χ2n) is 4.28. The summed E-state index contributed by atoms with van der Waals surface area (Å²) < 4.78 is 2.24. The van der Waals surface area contributed by atoms with Gasteiger partial charge >= 0.3 is 0 Å². The van der Waals surface area contributed by atoms with Gasteiger partial charge in [-0.2, -0.15) is 0 Å². The molecule has 1 atom stereocenters. The molecule has 0 spiro atoms.